The number of carbonyl (C=O) groups is 2. The van der Waals surface area contributed by atoms with Crippen LogP contribution in [0.1, 0.15) is 45.2 Å². The van der Waals surface area contributed by atoms with Crippen molar-refractivity contribution in [1.29, 1.82) is 5.26 Å². The van der Waals surface area contributed by atoms with Gasteiger partial charge in [-0.25, -0.2) is 0 Å². The maximum Gasteiger partial charge on any atom is 0.309 e. The maximum atomic E-state index is 11.4. The number of hydrogen-bond donors (Lipinski definition) is 1. The van der Waals surface area contributed by atoms with Crippen molar-refractivity contribution < 1.29 is 24.0 Å². The van der Waals surface area contributed by atoms with Gasteiger partial charge in [-0.3, -0.25) is 9.59 Å². The van der Waals surface area contributed by atoms with Crippen molar-refractivity contribution in [2.24, 2.45) is 0 Å². The number of hydrogen-bond acceptors (Lipinski definition) is 5. The summed E-state index contributed by atoms with van der Waals surface area (Å²) >= 11 is 6.32. The van der Waals surface area contributed by atoms with Crippen molar-refractivity contribution >= 4 is 41.1 Å². The molecule has 0 saturated carbocycles. The second kappa shape index (κ2) is 11.5. The molecule has 0 saturated heterocycles. The Balaban J connectivity index is 1.72. The molecule has 4 rings (SSSR count). The molecule has 7 nitrogen and oxygen atoms in total. The Morgan fingerprint density at radius 2 is 1.90 bits per heavy atom. The lowest BCUT2D eigenvalue weighted by Crippen LogP contribution is -2.29. The van der Waals surface area contributed by atoms with E-state index in [1.54, 1.807) is 12.2 Å². The quantitative estimate of drug-likeness (QED) is 0.125. The lowest BCUT2D eigenvalue weighted by Gasteiger charge is -2.26. The van der Waals surface area contributed by atoms with E-state index >= 15 is 0 Å². The third kappa shape index (κ3) is 5.45. The number of ether oxygens (including phenoxy) is 1. The fourth-order valence-electron chi connectivity index (χ4n) is 5.64. The Morgan fingerprint density at radius 1 is 1.15 bits per heavy atom. The van der Waals surface area contributed by atoms with E-state index < -0.39 is 11.4 Å². The van der Waals surface area contributed by atoms with Crippen LogP contribution in [0.3, 0.4) is 0 Å². The van der Waals surface area contributed by atoms with Gasteiger partial charge in [0.2, 0.25) is 5.69 Å². The van der Waals surface area contributed by atoms with Crippen LogP contribution in [-0.4, -0.2) is 47.5 Å². The van der Waals surface area contributed by atoms with Gasteiger partial charge >= 0.3 is 5.97 Å². The second-order valence-corrected chi connectivity index (χ2v) is 11.3. The van der Waals surface area contributed by atoms with Gasteiger partial charge in [0.25, 0.3) is 6.47 Å². The minimum atomic E-state index is -0.862. The number of aliphatic carboxylic acids is 1. The highest BCUT2D eigenvalue weighted by atomic mass is 35.5. The van der Waals surface area contributed by atoms with E-state index in [4.69, 9.17) is 16.3 Å². The number of nitriles is 1. The molecule has 0 radical (unpaired) electrons. The Kier molecular flexibility index (Phi) is 8.32. The summed E-state index contributed by atoms with van der Waals surface area (Å²) in [5.74, 6) is -0.862. The third-order valence-corrected chi connectivity index (χ3v) is 7.91. The van der Waals surface area contributed by atoms with E-state index in [-0.39, 0.29) is 18.4 Å². The van der Waals surface area contributed by atoms with Crippen molar-refractivity contribution in [3.8, 4) is 6.07 Å². The summed E-state index contributed by atoms with van der Waals surface area (Å²) in [5, 5.41) is 20.0. The number of nitrogens with zero attached hydrogens (tertiary/aromatic N) is 3. The monoisotopic (exact) mass is 558 g/mol. The molecule has 0 bridgehead atoms. The average molecular weight is 559 g/mol. The van der Waals surface area contributed by atoms with Gasteiger partial charge in [0.15, 0.2) is 12.3 Å². The number of halogens is 1. The topological polar surface area (TPSA) is 93.6 Å². The molecule has 8 heteroatoms. The molecule has 0 unspecified atom stereocenters. The van der Waals surface area contributed by atoms with E-state index in [0.29, 0.717) is 30.2 Å². The normalized spacial score (nSPS) is 18.1. The first-order valence-corrected chi connectivity index (χ1v) is 13.5. The second-order valence-electron chi connectivity index (χ2n) is 10.8. The lowest BCUT2D eigenvalue weighted by atomic mass is 9.81. The zero-order chi connectivity index (χ0) is 29.1. The Hall–Kier alpha value is -4.15. The van der Waals surface area contributed by atoms with Crippen LogP contribution in [0.2, 0.25) is 5.02 Å². The van der Waals surface area contributed by atoms with Crippen LogP contribution in [0.15, 0.2) is 78.0 Å². The zero-order valence-electron chi connectivity index (χ0n) is 23.1. The predicted octanol–water partition coefficient (Wildman–Crippen LogP) is 6.05. The minimum Gasteiger partial charge on any atom is -0.481 e. The van der Waals surface area contributed by atoms with Gasteiger partial charge in [-0.05, 0) is 55.8 Å². The maximum absolute atomic E-state index is 11.4. The number of benzene rings is 2. The smallest absolute Gasteiger partial charge is 0.309 e. The number of carbonyl (C=O) groups excluding carboxylic acids is 1. The fourth-order valence-corrected chi connectivity index (χ4v) is 5.81. The van der Waals surface area contributed by atoms with Crippen molar-refractivity contribution in [1.82, 2.24) is 0 Å². The summed E-state index contributed by atoms with van der Waals surface area (Å²) in [6.45, 7) is 9.84. The molecule has 0 aromatic heterocycles. The Labute approximate surface area is 239 Å². The first-order valence-electron chi connectivity index (χ1n) is 13.1. The highest BCUT2D eigenvalue weighted by Gasteiger charge is 2.44. The molecule has 0 spiro atoms. The molecule has 0 amide bonds. The molecule has 40 heavy (non-hydrogen) atoms. The molecule has 2 heterocycles. The van der Waals surface area contributed by atoms with Gasteiger partial charge in [-0.2, -0.15) is 9.84 Å². The zero-order valence-corrected chi connectivity index (χ0v) is 23.9. The highest BCUT2D eigenvalue weighted by Crippen LogP contribution is 2.48. The molecule has 1 N–H and O–H groups in total. The summed E-state index contributed by atoms with van der Waals surface area (Å²) < 4.78 is 7.02. The number of rotatable bonds is 10. The minimum absolute atomic E-state index is 0.00188. The fraction of sp³-hybridized carbons (Fsp3) is 0.312. The Morgan fingerprint density at radius 3 is 2.60 bits per heavy atom. The van der Waals surface area contributed by atoms with Gasteiger partial charge in [-0.1, -0.05) is 43.6 Å². The standard InChI is InChI=1S/C32H32ClN3O4/c1-31(2)24-7-5-6-8-26(24)35(16-15-30(38)39)28(31)13-9-22(20-34)10-14-29-32(3,4)25-19-23(33)11-12-27(25)36(29)17-18-40-21-37/h5-14,19,21H,15-18H2,1-4H3/p+1. The molecule has 0 aliphatic carbocycles. The number of carboxylic acids is 1. The molecular weight excluding hydrogens is 526 g/mol. The molecule has 206 valence electrons. The Bertz CT molecular complexity index is 1510. The van der Waals surface area contributed by atoms with Crippen molar-refractivity contribution in [2.75, 3.05) is 24.6 Å². The van der Waals surface area contributed by atoms with E-state index in [1.165, 1.54) is 0 Å². The van der Waals surface area contributed by atoms with Crippen LogP contribution in [0.4, 0.5) is 11.4 Å². The first-order chi connectivity index (χ1) is 19.0. The predicted molar refractivity (Wildman–Crippen MR) is 156 cm³/mol. The SMILES string of the molecule is CC1(C)C(/C=C/C(C#N)=C/C=C2/N(CCOC=O)c3ccc(Cl)cc3C2(C)C)=[N+](CCC(=O)O)c2ccccc21. The molecular formula is C32H33ClN3O4+. The van der Waals surface area contributed by atoms with E-state index in [0.717, 1.165) is 33.9 Å². The van der Waals surface area contributed by atoms with Gasteiger partial charge in [0.1, 0.15) is 13.0 Å². The number of fused-ring (bicyclic) bond motifs is 2. The van der Waals surface area contributed by atoms with Gasteiger partial charge < -0.3 is 14.7 Å². The number of carboxylic acid groups (broad SMARTS) is 1. The third-order valence-electron chi connectivity index (χ3n) is 7.67. The van der Waals surface area contributed by atoms with Crippen molar-refractivity contribution in [2.45, 2.75) is 44.9 Å². The van der Waals surface area contributed by atoms with E-state index in [9.17, 15) is 20.0 Å². The summed E-state index contributed by atoms with van der Waals surface area (Å²) in [5.41, 5.74) is 5.68. The van der Waals surface area contributed by atoms with Gasteiger partial charge in [0, 0.05) is 39.5 Å². The molecule has 0 fully saturated rings. The molecule has 0 atom stereocenters. The summed E-state index contributed by atoms with van der Waals surface area (Å²) in [6, 6.07) is 16.0. The lowest BCUT2D eigenvalue weighted by molar-refractivity contribution is -0.436. The van der Waals surface area contributed by atoms with Crippen LogP contribution in [0, 0.1) is 11.3 Å². The molecule has 2 aromatic carbocycles. The van der Waals surface area contributed by atoms with Gasteiger partial charge in [-0.15, -0.1) is 0 Å². The largest absolute Gasteiger partial charge is 0.481 e. The van der Waals surface area contributed by atoms with E-state index in [1.807, 2.05) is 53.1 Å². The van der Waals surface area contributed by atoms with Crippen LogP contribution in [0.25, 0.3) is 0 Å². The van der Waals surface area contributed by atoms with Crippen LogP contribution < -0.4 is 4.90 Å². The summed E-state index contributed by atoms with van der Waals surface area (Å²) in [4.78, 5) is 24.2. The average Bonchev–Trinajstić information content (AvgIpc) is 3.26. The number of allylic oxidation sites excluding steroid dienone is 6. The molecule has 2 aliphatic heterocycles. The molecule has 2 aromatic rings. The van der Waals surface area contributed by atoms with Crippen molar-refractivity contribution in [3.63, 3.8) is 0 Å². The van der Waals surface area contributed by atoms with Crippen LogP contribution in [-0.2, 0) is 25.2 Å². The first kappa shape index (κ1) is 28.8. The van der Waals surface area contributed by atoms with E-state index in [2.05, 4.69) is 44.7 Å². The van der Waals surface area contributed by atoms with Crippen molar-refractivity contribution in [3.05, 3.63) is 94.2 Å². The van der Waals surface area contributed by atoms with Crippen LogP contribution in [0.5, 0.6) is 0 Å². The molecule has 2 aliphatic rings. The summed E-state index contributed by atoms with van der Waals surface area (Å²) in [7, 11) is 0. The van der Waals surface area contributed by atoms with Gasteiger partial charge in [0.05, 0.1) is 23.6 Å². The summed E-state index contributed by atoms with van der Waals surface area (Å²) in [6.07, 6.45) is 7.40. The van der Waals surface area contributed by atoms with Crippen LogP contribution >= 0.6 is 11.6 Å². The highest BCUT2D eigenvalue weighted by molar-refractivity contribution is 6.30. The number of anilines is 1. The number of para-hydroxylation sites is 1.